The van der Waals surface area contributed by atoms with Gasteiger partial charge < -0.3 is 9.84 Å². The van der Waals surface area contributed by atoms with Crippen LogP contribution in [0.3, 0.4) is 0 Å². The van der Waals surface area contributed by atoms with Crippen molar-refractivity contribution in [2.24, 2.45) is 22.7 Å². The average Bonchev–Trinajstić information content (AvgIpc) is 2.92. The Morgan fingerprint density at radius 1 is 1.30 bits per heavy atom. The second-order valence-electron chi connectivity index (χ2n) is 9.23. The molecule has 0 spiro atoms. The minimum absolute atomic E-state index is 0.0521. The van der Waals surface area contributed by atoms with Gasteiger partial charge in [0, 0.05) is 17.3 Å². The van der Waals surface area contributed by atoms with Gasteiger partial charge in [-0.3, -0.25) is 14.4 Å². The van der Waals surface area contributed by atoms with E-state index in [1.165, 1.54) is 11.1 Å². The van der Waals surface area contributed by atoms with Gasteiger partial charge in [-0.15, -0.1) is 0 Å². The molecule has 0 aliphatic heterocycles. The number of carbonyl (C=O) groups excluding carboxylic acids is 3. The zero-order chi connectivity index (χ0) is 19.4. The number of ether oxygens (including phenoxy) is 1. The first-order chi connectivity index (χ1) is 12.8. The van der Waals surface area contributed by atoms with Gasteiger partial charge >= 0.3 is 0 Å². The summed E-state index contributed by atoms with van der Waals surface area (Å²) >= 11 is 0. The standard InChI is InChI=1S/C22H28O5/c1-20-8-5-15(24)11-14(20)3-4-16-17(20)6-9-21(2)18(16)7-10-22(21,26)19(25)12-27-13-23/h6,11,13,16,18,26H,3-5,7-10,12H2,1-2H3/t16-,18+,20+,21+,22+/m1/s1. The molecule has 0 aromatic heterocycles. The molecular formula is C22H28O5. The number of aliphatic hydroxyl groups is 1. The van der Waals surface area contributed by atoms with E-state index in [1.807, 2.05) is 13.0 Å². The Balaban J connectivity index is 1.69. The van der Waals surface area contributed by atoms with E-state index in [-0.39, 0.29) is 36.0 Å². The van der Waals surface area contributed by atoms with Crippen molar-refractivity contribution < 1.29 is 24.2 Å². The molecule has 0 unspecified atom stereocenters. The molecule has 0 bridgehead atoms. The summed E-state index contributed by atoms with van der Waals surface area (Å²) in [6.45, 7) is 4.18. The van der Waals surface area contributed by atoms with Gasteiger partial charge in [-0.1, -0.05) is 31.1 Å². The minimum Gasteiger partial charge on any atom is -0.460 e. The number of rotatable bonds is 4. The normalized spacial score (nSPS) is 43.0. The van der Waals surface area contributed by atoms with Crippen molar-refractivity contribution >= 4 is 18.0 Å². The molecular weight excluding hydrogens is 344 g/mol. The Kier molecular flexibility index (Phi) is 4.22. The second-order valence-corrected chi connectivity index (χ2v) is 9.23. The first kappa shape index (κ1) is 18.6. The van der Waals surface area contributed by atoms with Crippen LogP contribution in [-0.4, -0.2) is 35.4 Å². The molecule has 4 aliphatic carbocycles. The lowest BCUT2D eigenvalue weighted by Crippen LogP contribution is -2.55. The maximum absolute atomic E-state index is 12.7. The summed E-state index contributed by atoms with van der Waals surface area (Å²) in [6, 6.07) is 0. The van der Waals surface area contributed by atoms with Crippen LogP contribution in [-0.2, 0) is 19.1 Å². The number of hydrogen-bond donors (Lipinski definition) is 1. The van der Waals surface area contributed by atoms with Gasteiger partial charge in [-0.05, 0) is 56.4 Å². The van der Waals surface area contributed by atoms with Gasteiger partial charge in [0.25, 0.3) is 6.47 Å². The summed E-state index contributed by atoms with van der Waals surface area (Å²) in [5, 5.41) is 11.3. The summed E-state index contributed by atoms with van der Waals surface area (Å²) in [5.74, 6) is 0.423. The number of allylic oxidation sites excluding steroid dienone is 4. The van der Waals surface area contributed by atoms with Crippen molar-refractivity contribution in [3.05, 3.63) is 23.3 Å². The molecule has 5 nitrogen and oxygen atoms in total. The van der Waals surface area contributed by atoms with E-state index < -0.39 is 11.0 Å². The van der Waals surface area contributed by atoms with Crippen LogP contribution in [0.1, 0.15) is 58.8 Å². The van der Waals surface area contributed by atoms with E-state index in [9.17, 15) is 19.5 Å². The molecule has 5 heteroatoms. The molecule has 1 N–H and O–H groups in total. The Hall–Kier alpha value is -1.75. The Labute approximate surface area is 159 Å². The van der Waals surface area contributed by atoms with Gasteiger partial charge in [0.15, 0.2) is 12.4 Å². The van der Waals surface area contributed by atoms with E-state index in [0.29, 0.717) is 25.2 Å². The summed E-state index contributed by atoms with van der Waals surface area (Å²) < 4.78 is 4.66. The molecule has 4 rings (SSSR count). The van der Waals surface area contributed by atoms with E-state index in [1.54, 1.807) is 0 Å². The van der Waals surface area contributed by atoms with Crippen LogP contribution in [0.2, 0.25) is 0 Å². The quantitative estimate of drug-likeness (QED) is 0.606. The lowest BCUT2D eigenvalue weighted by Gasteiger charge is -2.54. The van der Waals surface area contributed by atoms with Crippen molar-refractivity contribution in [2.45, 2.75) is 64.4 Å². The van der Waals surface area contributed by atoms with Crippen molar-refractivity contribution in [2.75, 3.05) is 6.61 Å². The third-order valence-electron chi connectivity index (χ3n) is 8.23. The fraction of sp³-hybridized carbons (Fsp3) is 0.682. The third-order valence-corrected chi connectivity index (χ3v) is 8.23. The maximum Gasteiger partial charge on any atom is 0.293 e. The predicted octanol–water partition coefficient (Wildman–Crippen LogP) is 2.91. The van der Waals surface area contributed by atoms with Crippen LogP contribution in [0, 0.1) is 22.7 Å². The molecule has 0 aromatic rings. The average molecular weight is 372 g/mol. The highest BCUT2D eigenvalue weighted by Crippen LogP contribution is 2.65. The van der Waals surface area contributed by atoms with Crippen molar-refractivity contribution in [1.29, 1.82) is 0 Å². The lowest BCUT2D eigenvalue weighted by molar-refractivity contribution is -0.159. The van der Waals surface area contributed by atoms with Gasteiger partial charge in [0.1, 0.15) is 5.60 Å². The van der Waals surface area contributed by atoms with Gasteiger partial charge in [0.05, 0.1) is 0 Å². The minimum atomic E-state index is -1.44. The molecule has 0 heterocycles. The van der Waals surface area contributed by atoms with E-state index in [0.717, 1.165) is 25.7 Å². The summed E-state index contributed by atoms with van der Waals surface area (Å²) in [5.41, 5.74) is 0.641. The number of Topliss-reactive ketones (excluding diaryl/α,β-unsaturated/α-hetero) is 1. The topological polar surface area (TPSA) is 80.7 Å². The molecule has 0 amide bonds. The zero-order valence-corrected chi connectivity index (χ0v) is 16.1. The monoisotopic (exact) mass is 372 g/mol. The molecule has 4 aliphatic rings. The Morgan fingerprint density at radius 3 is 2.81 bits per heavy atom. The van der Waals surface area contributed by atoms with Crippen molar-refractivity contribution in [3.63, 3.8) is 0 Å². The number of carbonyl (C=O) groups is 3. The fourth-order valence-corrected chi connectivity index (χ4v) is 6.56. The van der Waals surface area contributed by atoms with Crippen LogP contribution >= 0.6 is 0 Å². The third kappa shape index (κ3) is 2.43. The smallest absolute Gasteiger partial charge is 0.293 e. The number of ketones is 2. The van der Waals surface area contributed by atoms with Crippen LogP contribution in [0.15, 0.2) is 23.3 Å². The summed E-state index contributed by atoms with van der Waals surface area (Å²) in [7, 11) is 0. The van der Waals surface area contributed by atoms with Gasteiger partial charge in [0.2, 0.25) is 5.78 Å². The summed E-state index contributed by atoms with van der Waals surface area (Å²) in [4.78, 5) is 35.0. The van der Waals surface area contributed by atoms with Crippen molar-refractivity contribution in [3.8, 4) is 0 Å². The van der Waals surface area contributed by atoms with Crippen LogP contribution < -0.4 is 0 Å². The molecule has 2 fully saturated rings. The Morgan fingerprint density at radius 2 is 2.07 bits per heavy atom. The molecule has 146 valence electrons. The molecule has 5 atom stereocenters. The van der Waals surface area contributed by atoms with Gasteiger partial charge in [-0.25, -0.2) is 0 Å². The maximum atomic E-state index is 12.7. The summed E-state index contributed by atoms with van der Waals surface area (Å²) in [6.07, 6.45) is 9.31. The van der Waals surface area contributed by atoms with E-state index in [2.05, 4.69) is 17.7 Å². The largest absolute Gasteiger partial charge is 0.460 e. The van der Waals surface area contributed by atoms with E-state index in [4.69, 9.17) is 0 Å². The molecule has 0 aromatic carbocycles. The highest BCUT2D eigenvalue weighted by atomic mass is 16.5. The Bertz CT molecular complexity index is 765. The van der Waals surface area contributed by atoms with Crippen LogP contribution in [0.4, 0.5) is 0 Å². The highest BCUT2D eigenvalue weighted by Gasteiger charge is 2.64. The molecule has 2 saturated carbocycles. The fourth-order valence-electron chi connectivity index (χ4n) is 6.56. The van der Waals surface area contributed by atoms with Crippen LogP contribution in [0.5, 0.6) is 0 Å². The zero-order valence-electron chi connectivity index (χ0n) is 16.1. The number of hydrogen-bond acceptors (Lipinski definition) is 5. The van der Waals surface area contributed by atoms with Gasteiger partial charge in [-0.2, -0.15) is 0 Å². The lowest BCUT2D eigenvalue weighted by atomic mass is 9.50. The van der Waals surface area contributed by atoms with Crippen molar-refractivity contribution in [1.82, 2.24) is 0 Å². The van der Waals surface area contributed by atoms with E-state index >= 15 is 0 Å². The molecule has 0 radical (unpaired) electrons. The number of fused-ring (bicyclic) bond motifs is 5. The molecule has 0 saturated heterocycles. The second kappa shape index (κ2) is 6.13. The highest BCUT2D eigenvalue weighted by molar-refractivity contribution is 5.92. The molecule has 27 heavy (non-hydrogen) atoms. The first-order valence-electron chi connectivity index (χ1n) is 10.0. The van der Waals surface area contributed by atoms with Crippen LogP contribution in [0.25, 0.3) is 0 Å². The first-order valence-corrected chi connectivity index (χ1v) is 10.0. The predicted molar refractivity (Wildman–Crippen MR) is 98.7 cm³/mol. The SMILES string of the molecule is C[C@]12CCC(=O)C=C1CC[C@@H]1C2=CC[C@@]2(C)[C@H]1CC[C@]2(O)C(=O)COC=O.